The van der Waals surface area contributed by atoms with Crippen LogP contribution in [0.25, 0.3) is 0 Å². The van der Waals surface area contributed by atoms with Gasteiger partial charge in [-0.2, -0.15) is 0 Å². The zero-order chi connectivity index (χ0) is 19.4. The number of amides is 1. The SMILES string of the molecule is Cc1[nH]c(=S)[nH]c(=O)c1CCC(=O)Nc1nc(CN2CCC(C)CC2)cs1. The lowest BCUT2D eigenvalue weighted by atomic mass is 9.99. The normalized spacial score (nSPS) is 15.8. The van der Waals surface area contributed by atoms with E-state index in [1.54, 1.807) is 6.92 Å². The van der Waals surface area contributed by atoms with E-state index in [0.717, 1.165) is 31.2 Å². The van der Waals surface area contributed by atoms with E-state index < -0.39 is 0 Å². The second-order valence-electron chi connectivity index (χ2n) is 7.16. The summed E-state index contributed by atoms with van der Waals surface area (Å²) in [5, 5.41) is 5.44. The monoisotopic (exact) mass is 407 g/mol. The first-order chi connectivity index (χ1) is 12.9. The minimum atomic E-state index is -0.239. The Balaban J connectivity index is 1.51. The molecule has 1 aliphatic heterocycles. The number of nitrogens with zero attached hydrogens (tertiary/aromatic N) is 2. The van der Waals surface area contributed by atoms with Crippen molar-refractivity contribution in [1.82, 2.24) is 19.9 Å². The fraction of sp³-hybridized carbons (Fsp3) is 0.556. The van der Waals surface area contributed by atoms with Crippen LogP contribution in [0.15, 0.2) is 10.2 Å². The number of nitrogens with one attached hydrogen (secondary N) is 3. The summed E-state index contributed by atoms with van der Waals surface area (Å²) in [5.41, 5.74) is 2.01. The summed E-state index contributed by atoms with van der Waals surface area (Å²) in [5.74, 6) is 0.659. The topological polar surface area (TPSA) is 93.9 Å². The van der Waals surface area contributed by atoms with E-state index in [9.17, 15) is 9.59 Å². The Labute approximate surface area is 167 Å². The highest BCUT2D eigenvalue weighted by Gasteiger charge is 2.17. The minimum absolute atomic E-state index is 0.149. The third kappa shape index (κ3) is 5.57. The van der Waals surface area contributed by atoms with Crippen molar-refractivity contribution in [2.75, 3.05) is 18.4 Å². The standard InChI is InChI=1S/C18H25N5O2S2/c1-11-5-7-23(8-6-11)9-13-10-27-18(20-13)21-15(24)4-3-14-12(2)19-17(26)22-16(14)25/h10-11H,3-9H2,1-2H3,(H,20,21,24)(H2,19,22,25,26). The Morgan fingerprint density at radius 3 is 2.85 bits per heavy atom. The van der Waals surface area contributed by atoms with Gasteiger partial charge in [-0.15, -0.1) is 11.3 Å². The van der Waals surface area contributed by atoms with E-state index in [0.29, 0.717) is 27.6 Å². The number of aromatic nitrogens is 3. The predicted molar refractivity (Wildman–Crippen MR) is 110 cm³/mol. The molecule has 2 aromatic rings. The molecule has 27 heavy (non-hydrogen) atoms. The van der Waals surface area contributed by atoms with Gasteiger partial charge in [-0.05, 0) is 57.4 Å². The maximum Gasteiger partial charge on any atom is 0.255 e. The summed E-state index contributed by atoms with van der Waals surface area (Å²) < 4.78 is 0.296. The molecule has 9 heteroatoms. The van der Waals surface area contributed by atoms with Crippen molar-refractivity contribution in [3.05, 3.63) is 37.5 Å². The molecule has 7 nitrogen and oxygen atoms in total. The van der Waals surface area contributed by atoms with Gasteiger partial charge in [0.2, 0.25) is 5.91 Å². The molecule has 0 saturated carbocycles. The molecule has 3 rings (SSSR count). The van der Waals surface area contributed by atoms with Crippen molar-refractivity contribution in [3.63, 3.8) is 0 Å². The third-order valence-corrected chi connectivity index (χ3v) is 5.93. The lowest BCUT2D eigenvalue weighted by molar-refractivity contribution is -0.116. The Kier molecular flexibility index (Phi) is 6.56. The van der Waals surface area contributed by atoms with Crippen LogP contribution in [0.1, 0.15) is 43.1 Å². The molecule has 0 spiro atoms. The summed E-state index contributed by atoms with van der Waals surface area (Å²) in [6, 6.07) is 0. The highest BCUT2D eigenvalue weighted by molar-refractivity contribution is 7.71. The molecule has 3 heterocycles. The van der Waals surface area contributed by atoms with Crippen LogP contribution in [0.5, 0.6) is 0 Å². The van der Waals surface area contributed by atoms with Crippen molar-refractivity contribution >= 4 is 34.6 Å². The molecule has 146 valence electrons. The number of hydrogen-bond acceptors (Lipinski definition) is 6. The van der Waals surface area contributed by atoms with Gasteiger partial charge in [0.1, 0.15) is 0 Å². The van der Waals surface area contributed by atoms with Crippen LogP contribution < -0.4 is 10.9 Å². The van der Waals surface area contributed by atoms with Crippen molar-refractivity contribution in [1.29, 1.82) is 0 Å². The molecular formula is C18H25N5O2S2. The van der Waals surface area contributed by atoms with Crippen LogP contribution in [-0.4, -0.2) is 38.8 Å². The van der Waals surface area contributed by atoms with Crippen LogP contribution in [0.3, 0.4) is 0 Å². The number of anilines is 1. The zero-order valence-electron chi connectivity index (χ0n) is 15.6. The largest absolute Gasteiger partial charge is 0.336 e. The van der Waals surface area contributed by atoms with E-state index in [1.165, 1.54) is 24.2 Å². The van der Waals surface area contributed by atoms with Gasteiger partial charge < -0.3 is 10.3 Å². The molecule has 0 radical (unpaired) electrons. The number of piperidine rings is 1. The van der Waals surface area contributed by atoms with Gasteiger partial charge in [0, 0.05) is 29.6 Å². The second kappa shape index (κ2) is 8.90. The molecule has 0 atom stereocenters. The summed E-state index contributed by atoms with van der Waals surface area (Å²) >= 11 is 6.37. The fourth-order valence-electron chi connectivity index (χ4n) is 3.23. The van der Waals surface area contributed by atoms with Gasteiger partial charge in [-0.3, -0.25) is 19.5 Å². The average Bonchev–Trinajstić information content (AvgIpc) is 3.03. The number of aryl methyl sites for hydroxylation is 1. The molecule has 0 bridgehead atoms. The average molecular weight is 408 g/mol. The molecule has 1 amide bonds. The number of aromatic amines is 2. The van der Waals surface area contributed by atoms with Crippen LogP contribution >= 0.6 is 23.6 Å². The number of hydrogen-bond donors (Lipinski definition) is 3. The van der Waals surface area contributed by atoms with Gasteiger partial charge in [-0.1, -0.05) is 6.92 Å². The maximum absolute atomic E-state index is 12.2. The van der Waals surface area contributed by atoms with E-state index in [1.807, 2.05) is 5.38 Å². The zero-order valence-corrected chi connectivity index (χ0v) is 17.3. The first kappa shape index (κ1) is 19.9. The molecule has 1 aliphatic rings. The molecular weight excluding hydrogens is 382 g/mol. The van der Waals surface area contributed by atoms with E-state index in [4.69, 9.17) is 12.2 Å². The lowest BCUT2D eigenvalue weighted by Crippen LogP contribution is -2.32. The van der Waals surface area contributed by atoms with Crippen LogP contribution in [0.4, 0.5) is 5.13 Å². The first-order valence-electron chi connectivity index (χ1n) is 9.19. The molecule has 3 N–H and O–H groups in total. The highest BCUT2D eigenvalue weighted by atomic mass is 32.1. The van der Waals surface area contributed by atoms with E-state index in [-0.39, 0.29) is 17.9 Å². The van der Waals surface area contributed by atoms with Crippen molar-refractivity contribution in [2.45, 2.75) is 46.1 Å². The number of thiazole rings is 1. The molecule has 0 aromatic carbocycles. The lowest BCUT2D eigenvalue weighted by Gasteiger charge is -2.29. The van der Waals surface area contributed by atoms with Crippen LogP contribution in [0.2, 0.25) is 0 Å². The Hall–Kier alpha value is -1.84. The van der Waals surface area contributed by atoms with Crippen molar-refractivity contribution < 1.29 is 4.79 Å². The maximum atomic E-state index is 12.2. The Bertz CT molecular complexity index is 909. The van der Waals surface area contributed by atoms with Gasteiger partial charge in [0.25, 0.3) is 5.56 Å². The number of carbonyl (C=O) groups excluding carboxylic acids is 1. The van der Waals surface area contributed by atoms with Gasteiger partial charge >= 0.3 is 0 Å². The third-order valence-electron chi connectivity index (χ3n) is 4.92. The van der Waals surface area contributed by atoms with Gasteiger partial charge in [0.05, 0.1) is 5.69 Å². The first-order valence-corrected chi connectivity index (χ1v) is 10.5. The van der Waals surface area contributed by atoms with Crippen LogP contribution in [0, 0.1) is 17.6 Å². The second-order valence-corrected chi connectivity index (χ2v) is 8.43. The summed E-state index contributed by atoms with van der Waals surface area (Å²) in [4.78, 5) is 36.6. The predicted octanol–water partition coefficient (Wildman–Crippen LogP) is 3.00. The highest BCUT2D eigenvalue weighted by Crippen LogP contribution is 2.21. The fourth-order valence-corrected chi connectivity index (χ4v) is 4.20. The molecule has 1 saturated heterocycles. The summed E-state index contributed by atoms with van der Waals surface area (Å²) in [6.07, 6.45) is 3.03. The smallest absolute Gasteiger partial charge is 0.255 e. The van der Waals surface area contributed by atoms with Gasteiger partial charge in [0.15, 0.2) is 9.90 Å². The minimum Gasteiger partial charge on any atom is -0.336 e. The number of H-pyrrole nitrogens is 2. The molecule has 0 unspecified atom stereocenters. The number of rotatable bonds is 6. The molecule has 2 aromatic heterocycles. The number of carbonyl (C=O) groups is 1. The van der Waals surface area contributed by atoms with Crippen LogP contribution in [-0.2, 0) is 17.8 Å². The molecule has 1 fully saturated rings. The van der Waals surface area contributed by atoms with Crippen molar-refractivity contribution in [2.24, 2.45) is 5.92 Å². The summed E-state index contributed by atoms with van der Waals surface area (Å²) in [6.45, 7) is 7.12. The molecule has 0 aliphatic carbocycles. The number of likely N-dealkylation sites (tertiary alicyclic amines) is 1. The Morgan fingerprint density at radius 2 is 2.15 bits per heavy atom. The van der Waals surface area contributed by atoms with E-state index >= 15 is 0 Å². The van der Waals surface area contributed by atoms with Crippen molar-refractivity contribution in [3.8, 4) is 0 Å². The quantitative estimate of drug-likeness (QED) is 0.640. The van der Waals surface area contributed by atoms with Gasteiger partial charge in [-0.25, -0.2) is 4.98 Å². The van der Waals surface area contributed by atoms with E-state index in [2.05, 4.69) is 32.1 Å². The Morgan fingerprint density at radius 1 is 1.41 bits per heavy atom. The summed E-state index contributed by atoms with van der Waals surface area (Å²) in [7, 11) is 0.